The summed E-state index contributed by atoms with van der Waals surface area (Å²) >= 11 is 0. The first-order chi connectivity index (χ1) is 6.12. The predicted molar refractivity (Wildman–Crippen MR) is 57.6 cm³/mol. The molecule has 0 radical (unpaired) electrons. The first-order valence-corrected chi connectivity index (χ1v) is 5.51. The molecule has 0 aliphatic heterocycles. The van der Waals surface area contributed by atoms with Crippen LogP contribution in [0.15, 0.2) is 23.3 Å². The number of allylic oxidation sites excluding steroid dienone is 4. The van der Waals surface area contributed by atoms with E-state index < -0.39 is 0 Å². The molecule has 2 rings (SSSR count). The first kappa shape index (κ1) is 9.05. The molecule has 0 aromatic carbocycles. The van der Waals surface area contributed by atoms with Crippen LogP contribution >= 0.6 is 0 Å². The van der Waals surface area contributed by atoms with Gasteiger partial charge in [0.2, 0.25) is 0 Å². The molecule has 2 aliphatic rings. The number of rotatable bonds is 0. The summed E-state index contributed by atoms with van der Waals surface area (Å²) in [5, 5.41) is 0. The molecule has 13 heavy (non-hydrogen) atoms. The fourth-order valence-corrected chi connectivity index (χ4v) is 2.71. The Hall–Kier alpha value is -0.520. The zero-order chi connectivity index (χ0) is 9.47. The average molecular weight is 176 g/mol. The van der Waals surface area contributed by atoms with Crippen LogP contribution in [0.2, 0.25) is 0 Å². The Bertz CT molecular complexity index is 266. The summed E-state index contributed by atoms with van der Waals surface area (Å²) in [6, 6.07) is 0. The van der Waals surface area contributed by atoms with Gasteiger partial charge in [-0.25, -0.2) is 0 Å². The standard InChI is InChI=1S/C13H20/c1-10-8-9-11-6-4-5-7-12(11)13(10,2)3/h4,6,10H,5,7-9H2,1-3H3. The van der Waals surface area contributed by atoms with Crippen LogP contribution < -0.4 is 0 Å². The highest BCUT2D eigenvalue weighted by Gasteiger charge is 2.34. The minimum atomic E-state index is 0.457. The minimum absolute atomic E-state index is 0.457. The van der Waals surface area contributed by atoms with Crippen LogP contribution in [0.5, 0.6) is 0 Å². The van der Waals surface area contributed by atoms with E-state index in [9.17, 15) is 0 Å². The SMILES string of the molecule is CC1CCC2=C(CCC=C2)C1(C)C. The smallest absolute Gasteiger partial charge is 0.0113 e. The summed E-state index contributed by atoms with van der Waals surface area (Å²) in [7, 11) is 0. The van der Waals surface area contributed by atoms with Gasteiger partial charge in [-0.1, -0.05) is 38.5 Å². The molecule has 0 heteroatoms. The van der Waals surface area contributed by atoms with E-state index in [1.165, 1.54) is 25.7 Å². The summed E-state index contributed by atoms with van der Waals surface area (Å²) in [6.45, 7) is 7.25. The predicted octanol–water partition coefficient (Wildman–Crippen LogP) is 4.09. The van der Waals surface area contributed by atoms with E-state index in [-0.39, 0.29) is 0 Å². The van der Waals surface area contributed by atoms with E-state index in [1.807, 2.05) is 0 Å². The van der Waals surface area contributed by atoms with Crippen LogP contribution in [0.3, 0.4) is 0 Å². The third-order valence-electron chi connectivity index (χ3n) is 4.12. The Balaban J connectivity index is 2.40. The van der Waals surface area contributed by atoms with Gasteiger partial charge < -0.3 is 0 Å². The second-order valence-corrected chi connectivity index (χ2v) is 5.11. The maximum atomic E-state index is 2.42. The Labute approximate surface area is 81.7 Å². The normalized spacial score (nSPS) is 31.8. The molecule has 0 amide bonds. The van der Waals surface area contributed by atoms with Crippen LogP contribution in [-0.4, -0.2) is 0 Å². The van der Waals surface area contributed by atoms with Crippen molar-refractivity contribution >= 4 is 0 Å². The second kappa shape index (κ2) is 3.01. The van der Waals surface area contributed by atoms with Gasteiger partial charge in [0.05, 0.1) is 0 Å². The van der Waals surface area contributed by atoms with Gasteiger partial charge in [0.1, 0.15) is 0 Å². The molecular weight excluding hydrogens is 156 g/mol. The minimum Gasteiger partial charge on any atom is -0.0839 e. The topological polar surface area (TPSA) is 0 Å². The van der Waals surface area contributed by atoms with Crippen LogP contribution in [-0.2, 0) is 0 Å². The molecule has 0 N–H and O–H groups in total. The van der Waals surface area contributed by atoms with Gasteiger partial charge >= 0.3 is 0 Å². The van der Waals surface area contributed by atoms with Gasteiger partial charge in [-0.15, -0.1) is 0 Å². The van der Waals surface area contributed by atoms with E-state index in [0.717, 1.165) is 5.92 Å². The number of hydrogen-bond donors (Lipinski definition) is 0. The van der Waals surface area contributed by atoms with E-state index >= 15 is 0 Å². The molecule has 1 atom stereocenters. The lowest BCUT2D eigenvalue weighted by molar-refractivity contribution is 0.243. The van der Waals surface area contributed by atoms with Crippen molar-refractivity contribution in [2.45, 2.75) is 46.5 Å². The highest BCUT2D eigenvalue weighted by atomic mass is 14.4. The van der Waals surface area contributed by atoms with E-state index in [2.05, 4.69) is 32.9 Å². The molecule has 0 fully saturated rings. The van der Waals surface area contributed by atoms with Gasteiger partial charge in [0.15, 0.2) is 0 Å². The highest BCUT2D eigenvalue weighted by molar-refractivity contribution is 5.35. The molecule has 0 nitrogen and oxygen atoms in total. The molecule has 0 bridgehead atoms. The van der Waals surface area contributed by atoms with Crippen molar-refractivity contribution < 1.29 is 0 Å². The first-order valence-electron chi connectivity index (χ1n) is 5.51. The van der Waals surface area contributed by atoms with Crippen molar-refractivity contribution in [3.8, 4) is 0 Å². The van der Waals surface area contributed by atoms with E-state index in [4.69, 9.17) is 0 Å². The highest BCUT2D eigenvalue weighted by Crippen LogP contribution is 2.47. The second-order valence-electron chi connectivity index (χ2n) is 5.11. The monoisotopic (exact) mass is 176 g/mol. The number of hydrogen-bond acceptors (Lipinski definition) is 0. The van der Waals surface area contributed by atoms with Gasteiger partial charge in [-0.3, -0.25) is 0 Å². The van der Waals surface area contributed by atoms with Crippen molar-refractivity contribution in [1.29, 1.82) is 0 Å². The third-order valence-corrected chi connectivity index (χ3v) is 4.12. The molecule has 0 aromatic heterocycles. The van der Waals surface area contributed by atoms with Gasteiger partial charge in [-0.05, 0) is 42.6 Å². The molecule has 0 aromatic rings. The van der Waals surface area contributed by atoms with Crippen molar-refractivity contribution in [1.82, 2.24) is 0 Å². The van der Waals surface area contributed by atoms with Crippen LogP contribution in [0.4, 0.5) is 0 Å². The average Bonchev–Trinajstić information content (AvgIpc) is 2.13. The maximum absolute atomic E-state index is 2.42. The van der Waals surface area contributed by atoms with Gasteiger partial charge in [-0.2, -0.15) is 0 Å². The molecule has 2 aliphatic carbocycles. The van der Waals surface area contributed by atoms with Crippen molar-refractivity contribution in [2.75, 3.05) is 0 Å². The fraction of sp³-hybridized carbons (Fsp3) is 0.692. The maximum Gasteiger partial charge on any atom is -0.0113 e. The lowest BCUT2D eigenvalue weighted by atomic mass is 9.64. The fourth-order valence-electron chi connectivity index (χ4n) is 2.71. The Morgan fingerprint density at radius 3 is 2.85 bits per heavy atom. The quantitative estimate of drug-likeness (QED) is 0.521. The Morgan fingerprint density at radius 2 is 2.08 bits per heavy atom. The molecular formula is C13H20. The summed E-state index contributed by atoms with van der Waals surface area (Å²) in [6.07, 6.45) is 9.96. The zero-order valence-electron chi connectivity index (χ0n) is 9.06. The molecule has 0 saturated heterocycles. The van der Waals surface area contributed by atoms with Crippen LogP contribution in [0.25, 0.3) is 0 Å². The lowest BCUT2D eigenvalue weighted by Gasteiger charge is -2.41. The van der Waals surface area contributed by atoms with Gasteiger partial charge in [0.25, 0.3) is 0 Å². The summed E-state index contributed by atoms with van der Waals surface area (Å²) in [5.41, 5.74) is 3.85. The van der Waals surface area contributed by atoms with E-state index in [1.54, 1.807) is 11.1 Å². The third kappa shape index (κ3) is 1.37. The Morgan fingerprint density at radius 1 is 1.31 bits per heavy atom. The van der Waals surface area contributed by atoms with E-state index in [0.29, 0.717) is 5.41 Å². The molecule has 72 valence electrons. The van der Waals surface area contributed by atoms with Crippen molar-refractivity contribution in [2.24, 2.45) is 11.3 Å². The molecule has 1 unspecified atom stereocenters. The lowest BCUT2D eigenvalue weighted by Crippen LogP contribution is -2.29. The van der Waals surface area contributed by atoms with Crippen LogP contribution in [0.1, 0.15) is 46.5 Å². The van der Waals surface area contributed by atoms with Crippen molar-refractivity contribution in [3.05, 3.63) is 23.3 Å². The largest absolute Gasteiger partial charge is 0.0839 e. The van der Waals surface area contributed by atoms with Crippen LogP contribution in [0, 0.1) is 11.3 Å². The summed E-state index contributed by atoms with van der Waals surface area (Å²) in [4.78, 5) is 0. The molecule has 0 spiro atoms. The van der Waals surface area contributed by atoms with Crippen molar-refractivity contribution in [3.63, 3.8) is 0 Å². The Kier molecular flexibility index (Phi) is 2.09. The summed E-state index contributed by atoms with van der Waals surface area (Å²) in [5.74, 6) is 0.859. The summed E-state index contributed by atoms with van der Waals surface area (Å²) < 4.78 is 0. The zero-order valence-corrected chi connectivity index (χ0v) is 9.06. The van der Waals surface area contributed by atoms with Gasteiger partial charge in [0, 0.05) is 0 Å². The molecule has 0 saturated carbocycles. The molecule has 0 heterocycles.